The number of hydrogen-bond acceptors (Lipinski definition) is 4. The van der Waals surface area contributed by atoms with Gasteiger partial charge in [-0.15, -0.1) is 11.3 Å². The Bertz CT molecular complexity index is 194. The second-order valence-electron chi connectivity index (χ2n) is 2.02. The van der Waals surface area contributed by atoms with Gasteiger partial charge in [-0.1, -0.05) is 0 Å². The molecule has 2 rings (SSSR count). The molecule has 0 aromatic carbocycles. The summed E-state index contributed by atoms with van der Waals surface area (Å²) in [6, 6.07) is 0. The van der Waals surface area contributed by atoms with Crippen molar-refractivity contribution in [2.45, 2.75) is 6.10 Å². The summed E-state index contributed by atoms with van der Waals surface area (Å²) < 4.78 is 5.21. The first kappa shape index (κ1) is 6.27. The lowest BCUT2D eigenvalue weighted by Gasteiger charge is -2.00. The van der Waals surface area contributed by atoms with E-state index in [0.717, 1.165) is 11.6 Å². The van der Waals surface area contributed by atoms with Crippen molar-refractivity contribution in [3.63, 3.8) is 0 Å². The molecular weight excluding hydrogens is 148 g/mol. The molecule has 1 atom stereocenters. The van der Waals surface area contributed by atoms with Gasteiger partial charge in [0, 0.05) is 18.1 Å². The van der Waals surface area contributed by atoms with Crippen molar-refractivity contribution in [2.24, 2.45) is 0 Å². The second-order valence-corrected chi connectivity index (χ2v) is 2.95. The number of aromatic nitrogens is 1. The highest BCUT2D eigenvalue weighted by Crippen LogP contribution is 2.22. The standard InChI is InChI=1S/C6H7N2OS/c1-2-10-6(8-1)5-3-7-4-9-5/h1-2,4-5,7H,3H2. The maximum atomic E-state index is 5.21. The van der Waals surface area contributed by atoms with Crippen LogP contribution in [0.1, 0.15) is 11.1 Å². The quantitative estimate of drug-likeness (QED) is 0.655. The van der Waals surface area contributed by atoms with E-state index in [4.69, 9.17) is 4.74 Å². The maximum Gasteiger partial charge on any atom is 0.149 e. The number of thiazole rings is 1. The molecule has 53 valence electrons. The summed E-state index contributed by atoms with van der Waals surface area (Å²) in [6.45, 7) is 2.46. The van der Waals surface area contributed by atoms with Crippen LogP contribution in [0.3, 0.4) is 0 Å². The highest BCUT2D eigenvalue weighted by molar-refractivity contribution is 7.09. The highest BCUT2D eigenvalue weighted by Gasteiger charge is 2.19. The van der Waals surface area contributed by atoms with Crippen molar-refractivity contribution in [1.29, 1.82) is 0 Å². The molecule has 1 N–H and O–H groups in total. The van der Waals surface area contributed by atoms with Crippen molar-refractivity contribution in [2.75, 3.05) is 6.54 Å². The summed E-state index contributed by atoms with van der Waals surface area (Å²) in [7, 11) is 0. The first-order chi connectivity index (χ1) is 4.97. The fraction of sp³-hybridized carbons (Fsp3) is 0.333. The van der Waals surface area contributed by atoms with Gasteiger partial charge in [0.25, 0.3) is 0 Å². The van der Waals surface area contributed by atoms with Crippen LogP contribution in [0, 0.1) is 6.73 Å². The molecule has 0 bridgehead atoms. The topological polar surface area (TPSA) is 34.2 Å². The van der Waals surface area contributed by atoms with Crippen LogP contribution in [-0.2, 0) is 4.74 Å². The maximum absolute atomic E-state index is 5.21. The van der Waals surface area contributed by atoms with Crippen molar-refractivity contribution in [3.8, 4) is 0 Å². The minimum absolute atomic E-state index is 0.139. The van der Waals surface area contributed by atoms with Gasteiger partial charge in [-0.25, -0.2) is 4.98 Å². The van der Waals surface area contributed by atoms with E-state index in [2.05, 4.69) is 10.3 Å². The summed E-state index contributed by atoms with van der Waals surface area (Å²) in [6.07, 6.45) is 1.93. The van der Waals surface area contributed by atoms with Gasteiger partial charge in [0.1, 0.15) is 17.8 Å². The Balaban J connectivity index is 2.12. The summed E-state index contributed by atoms with van der Waals surface area (Å²) in [5.41, 5.74) is 0. The lowest BCUT2D eigenvalue weighted by atomic mass is 10.4. The Hall–Kier alpha value is -0.450. The van der Waals surface area contributed by atoms with Gasteiger partial charge in [0.2, 0.25) is 0 Å². The summed E-state index contributed by atoms with van der Waals surface area (Å²) in [5, 5.41) is 5.98. The normalized spacial score (nSPS) is 25.4. The molecule has 1 saturated heterocycles. The van der Waals surface area contributed by atoms with Crippen LogP contribution in [-0.4, -0.2) is 11.5 Å². The fourth-order valence-electron chi connectivity index (χ4n) is 0.873. The monoisotopic (exact) mass is 155 g/mol. The molecule has 1 aromatic rings. The van der Waals surface area contributed by atoms with Crippen LogP contribution in [0.15, 0.2) is 11.6 Å². The van der Waals surface area contributed by atoms with Crippen LogP contribution < -0.4 is 5.32 Å². The van der Waals surface area contributed by atoms with E-state index in [0.29, 0.717) is 0 Å². The van der Waals surface area contributed by atoms with Gasteiger partial charge < -0.3 is 4.74 Å². The third kappa shape index (κ3) is 1.05. The smallest absolute Gasteiger partial charge is 0.149 e. The lowest BCUT2D eigenvalue weighted by molar-refractivity contribution is 0.161. The predicted molar refractivity (Wildman–Crippen MR) is 38.2 cm³/mol. The minimum atomic E-state index is 0.139. The summed E-state index contributed by atoms with van der Waals surface area (Å²) >= 11 is 1.62. The molecule has 1 aromatic heterocycles. The van der Waals surface area contributed by atoms with E-state index in [9.17, 15) is 0 Å². The molecule has 0 aliphatic carbocycles. The average molecular weight is 155 g/mol. The summed E-state index contributed by atoms with van der Waals surface area (Å²) in [5.74, 6) is 0. The Morgan fingerprint density at radius 1 is 1.80 bits per heavy atom. The van der Waals surface area contributed by atoms with E-state index >= 15 is 0 Å². The molecule has 0 saturated carbocycles. The predicted octanol–water partition coefficient (Wildman–Crippen LogP) is 0.923. The van der Waals surface area contributed by atoms with Crippen LogP contribution in [0.25, 0.3) is 0 Å². The van der Waals surface area contributed by atoms with Gasteiger partial charge in [-0.3, -0.25) is 5.32 Å². The zero-order chi connectivity index (χ0) is 6.81. The number of nitrogens with zero attached hydrogens (tertiary/aromatic N) is 1. The van der Waals surface area contributed by atoms with Gasteiger partial charge in [-0.2, -0.15) is 0 Å². The molecule has 0 amide bonds. The largest absolute Gasteiger partial charge is 0.347 e. The van der Waals surface area contributed by atoms with E-state index in [1.165, 1.54) is 0 Å². The van der Waals surface area contributed by atoms with E-state index in [1.54, 1.807) is 24.3 Å². The van der Waals surface area contributed by atoms with E-state index < -0.39 is 0 Å². The number of nitrogens with one attached hydrogen (secondary N) is 1. The molecule has 1 radical (unpaired) electrons. The van der Waals surface area contributed by atoms with Crippen LogP contribution in [0.2, 0.25) is 0 Å². The zero-order valence-electron chi connectivity index (χ0n) is 5.28. The highest BCUT2D eigenvalue weighted by atomic mass is 32.1. The Kier molecular flexibility index (Phi) is 1.66. The zero-order valence-corrected chi connectivity index (χ0v) is 6.10. The Morgan fingerprint density at radius 2 is 2.80 bits per heavy atom. The molecular formula is C6H7N2OS. The van der Waals surface area contributed by atoms with Gasteiger partial charge in [0.05, 0.1) is 0 Å². The molecule has 10 heavy (non-hydrogen) atoms. The van der Waals surface area contributed by atoms with Crippen molar-refractivity contribution in [3.05, 3.63) is 23.3 Å². The molecule has 1 fully saturated rings. The van der Waals surface area contributed by atoms with Crippen molar-refractivity contribution < 1.29 is 4.74 Å². The molecule has 1 aliphatic heterocycles. The summed E-state index contributed by atoms with van der Waals surface area (Å²) in [4.78, 5) is 4.13. The molecule has 3 nitrogen and oxygen atoms in total. The molecule has 1 unspecified atom stereocenters. The van der Waals surface area contributed by atoms with Crippen LogP contribution >= 0.6 is 11.3 Å². The fourth-order valence-corrected chi connectivity index (χ4v) is 1.55. The Labute approximate surface area is 63.0 Å². The molecule has 4 heteroatoms. The first-order valence-corrected chi connectivity index (χ1v) is 3.95. The van der Waals surface area contributed by atoms with Crippen molar-refractivity contribution >= 4 is 11.3 Å². The molecule has 0 spiro atoms. The third-order valence-electron chi connectivity index (χ3n) is 1.35. The van der Waals surface area contributed by atoms with E-state index in [-0.39, 0.29) is 6.10 Å². The lowest BCUT2D eigenvalue weighted by Crippen LogP contribution is -2.05. The number of hydrogen-bond donors (Lipinski definition) is 1. The number of rotatable bonds is 1. The molecule has 1 aliphatic rings. The van der Waals surface area contributed by atoms with E-state index in [1.807, 2.05) is 5.38 Å². The second kappa shape index (κ2) is 2.65. The van der Waals surface area contributed by atoms with Gasteiger partial charge in [-0.05, 0) is 0 Å². The van der Waals surface area contributed by atoms with Crippen LogP contribution in [0.4, 0.5) is 0 Å². The average Bonchev–Trinajstić information content (AvgIpc) is 2.59. The van der Waals surface area contributed by atoms with Crippen molar-refractivity contribution in [1.82, 2.24) is 10.3 Å². The first-order valence-electron chi connectivity index (χ1n) is 3.07. The SMILES string of the molecule is [CH]1NCC(c2nccs2)O1. The molecule has 2 heterocycles. The van der Waals surface area contributed by atoms with Crippen LogP contribution in [0.5, 0.6) is 0 Å². The number of ether oxygens (including phenoxy) is 1. The minimum Gasteiger partial charge on any atom is -0.347 e. The van der Waals surface area contributed by atoms with Gasteiger partial charge in [0.15, 0.2) is 0 Å². The third-order valence-corrected chi connectivity index (χ3v) is 2.21. The van der Waals surface area contributed by atoms with Gasteiger partial charge >= 0.3 is 0 Å². The Morgan fingerprint density at radius 3 is 3.40 bits per heavy atom.